The summed E-state index contributed by atoms with van der Waals surface area (Å²) in [6.45, 7) is 10.1. The molecule has 1 aliphatic heterocycles. The molecule has 0 saturated carbocycles. The Balaban J connectivity index is 2.05. The Hall–Kier alpha value is -1.88. The maximum Gasteiger partial charge on any atom is 0.236 e. The van der Waals surface area contributed by atoms with Gasteiger partial charge in [0.2, 0.25) is 11.8 Å². The van der Waals surface area contributed by atoms with Gasteiger partial charge in [0.25, 0.3) is 0 Å². The summed E-state index contributed by atoms with van der Waals surface area (Å²) in [5.41, 5.74) is 1.15. The summed E-state index contributed by atoms with van der Waals surface area (Å²) in [5.74, 6) is 0.345. The fourth-order valence-corrected chi connectivity index (χ4v) is 3.45. The van der Waals surface area contributed by atoms with Crippen molar-refractivity contribution < 1.29 is 9.59 Å². The molecule has 138 valence electrons. The molecule has 1 unspecified atom stereocenters. The number of likely N-dealkylation sites (N-methyl/N-ethyl adjacent to an activating group) is 1. The summed E-state index contributed by atoms with van der Waals surface area (Å²) in [6.07, 6.45) is 1.38. The fraction of sp³-hybridized carbons (Fsp3) is 0.600. The summed E-state index contributed by atoms with van der Waals surface area (Å²) in [4.78, 5) is 31.1. The van der Waals surface area contributed by atoms with Crippen LogP contribution in [-0.2, 0) is 16.1 Å². The van der Waals surface area contributed by atoms with Crippen LogP contribution < -0.4 is 0 Å². The van der Waals surface area contributed by atoms with Gasteiger partial charge in [-0.15, -0.1) is 0 Å². The van der Waals surface area contributed by atoms with E-state index in [-0.39, 0.29) is 17.9 Å². The molecule has 0 spiro atoms. The Bertz CT molecular complexity index is 557. The molecule has 0 bridgehead atoms. The summed E-state index contributed by atoms with van der Waals surface area (Å²) in [7, 11) is 0. The lowest BCUT2D eigenvalue weighted by Gasteiger charge is -2.32. The number of nitrogens with zero attached hydrogens (tertiary/aromatic N) is 3. The maximum atomic E-state index is 12.7. The minimum absolute atomic E-state index is 0.153. The number of amides is 2. The van der Waals surface area contributed by atoms with E-state index >= 15 is 0 Å². The zero-order chi connectivity index (χ0) is 18.2. The van der Waals surface area contributed by atoms with Crippen molar-refractivity contribution in [3.8, 4) is 0 Å². The first-order chi connectivity index (χ1) is 12.1. The molecule has 25 heavy (non-hydrogen) atoms. The zero-order valence-electron chi connectivity index (χ0n) is 15.8. The van der Waals surface area contributed by atoms with Crippen molar-refractivity contribution in [2.75, 3.05) is 32.7 Å². The van der Waals surface area contributed by atoms with Gasteiger partial charge in [-0.25, -0.2) is 0 Å². The van der Waals surface area contributed by atoms with Crippen molar-refractivity contribution in [3.63, 3.8) is 0 Å². The van der Waals surface area contributed by atoms with Crippen molar-refractivity contribution in [2.45, 2.75) is 46.2 Å². The smallest absolute Gasteiger partial charge is 0.236 e. The van der Waals surface area contributed by atoms with Gasteiger partial charge in [-0.1, -0.05) is 37.3 Å². The third kappa shape index (κ3) is 5.30. The summed E-state index contributed by atoms with van der Waals surface area (Å²) < 4.78 is 0. The standard InChI is InChI=1S/C20H31N3O2/c1-4-18-15-21(16-20(25)22(5-2)6-3)13-12-19(24)23(18)14-17-10-8-7-9-11-17/h7-11,18H,4-6,12-16H2,1-3H3. The fourth-order valence-electron chi connectivity index (χ4n) is 3.45. The highest BCUT2D eigenvalue weighted by Gasteiger charge is 2.29. The van der Waals surface area contributed by atoms with E-state index < -0.39 is 0 Å². The van der Waals surface area contributed by atoms with Gasteiger partial charge in [0, 0.05) is 45.2 Å². The normalized spacial score (nSPS) is 18.9. The Kier molecular flexibility index (Phi) is 7.44. The predicted molar refractivity (Wildman–Crippen MR) is 100 cm³/mol. The minimum Gasteiger partial charge on any atom is -0.342 e. The molecule has 1 aromatic rings. The van der Waals surface area contributed by atoms with Crippen molar-refractivity contribution in [2.24, 2.45) is 0 Å². The zero-order valence-corrected chi connectivity index (χ0v) is 15.8. The molecule has 1 aromatic carbocycles. The molecule has 1 heterocycles. The molecule has 0 aromatic heterocycles. The second-order valence-electron chi connectivity index (χ2n) is 6.62. The Morgan fingerprint density at radius 3 is 2.44 bits per heavy atom. The number of hydrogen-bond acceptors (Lipinski definition) is 3. The van der Waals surface area contributed by atoms with Gasteiger partial charge in [-0.05, 0) is 25.8 Å². The lowest BCUT2D eigenvalue weighted by Crippen LogP contribution is -2.45. The second kappa shape index (κ2) is 9.56. The number of carbonyl (C=O) groups excluding carboxylic acids is 2. The van der Waals surface area contributed by atoms with Gasteiger partial charge in [0.05, 0.1) is 6.54 Å². The van der Waals surface area contributed by atoms with Crippen LogP contribution in [0.1, 0.15) is 39.2 Å². The lowest BCUT2D eigenvalue weighted by atomic mass is 10.1. The first-order valence-corrected chi connectivity index (χ1v) is 9.42. The lowest BCUT2D eigenvalue weighted by molar-refractivity contribution is -0.133. The van der Waals surface area contributed by atoms with E-state index in [1.165, 1.54) is 0 Å². The summed E-state index contributed by atoms with van der Waals surface area (Å²) >= 11 is 0. The molecule has 1 saturated heterocycles. The number of hydrogen-bond donors (Lipinski definition) is 0. The molecular formula is C20H31N3O2. The predicted octanol–water partition coefficient (Wildman–Crippen LogP) is 2.37. The minimum atomic E-state index is 0.153. The van der Waals surface area contributed by atoms with Crippen LogP contribution in [0, 0.1) is 0 Å². The molecular weight excluding hydrogens is 314 g/mol. The largest absolute Gasteiger partial charge is 0.342 e. The van der Waals surface area contributed by atoms with E-state index in [0.29, 0.717) is 26.1 Å². The molecule has 5 nitrogen and oxygen atoms in total. The van der Waals surface area contributed by atoms with Gasteiger partial charge < -0.3 is 9.80 Å². The average molecular weight is 345 g/mol. The van der Waals surface area contributed by atoms with Crippen molar-refractivity contribution in [1.82, 2.24) is 14.7 Å². The van der Waals surface area contributed by atoms with Crippen molar-refractivity contribution in [3.05, 3.63) is 35.9 Å². The van der Waals surface area contributed by atoms with Crippen LogP contribution in [0.3, 0.4) is 0 Å². The summed E-state index contributed by atoms with van der Waals surface area (Å²) in [6, 6.07) is 10.3. The Labute approximate surface area is 151 Å². The Morgan fingerprint density at radius 2 is 1.84 bits per heavy atom. The molecule has 1 fully saturated rings. The van der Waals surface area contributed by atoms with Gasteiger partial charge in [0.1, 0.15) is 0 Å². The van der Waals surface area contributed by atoms with Gasteiger partial charge in [-0.3, -0.25) is 14.5 Å². The van der Waals surface area contributed by atoms with E-state index in [4.69, 9.17) is 0 Å². The van der Waals surface area contributed by atoms with Crippen LogP contribution in [0.4, 0.5) is 0 Å². The number of rotatable bonds is 7. The number of carbonyl (C=O) groups is 2. The average Bonchev–Trinajstić information content (AvgIpc) is 2.77. The van der Waals surface area contributed by atoms with Crippen LogP contribution in [0.15, 0.2) is 30.3 Å². The molecule has 2 amide bonds. The van der Waals surface area contributed by atoms with Crippen LogP contribution in [0.2, 0.25) is 0 Å². The molecule has 1 aliphatic rings. The second-order valence-corrected chi connectivity index (χ2v) is 6.62. The van der Waals surface area contributed by atoms with Gasteiger partial charge in [-0.2, -0.15) is 0 Å². The molecule has 0 N–H and O–H groups in total. The Morgan fingerprint density at radius 1 is 1.16 bits per heavy atom. The van der Waals surface area contributed by atoms with E-state index in [2.05, 4.69) is 24.0 Å². The van der Waals surface area contributed by atoms with Crippen LogP contribution in [-0.4, -0.2) is 65.3 Å². The van der Waals surface area contributed by atoms with E-state index in [0.717, 1.165) is 31.6 Å². The highest BCUT2D eigenvalue weighted by atomic mass is 16.2. The third-order valence-electron chi connectivity index (χ3n) is 5.01. The number of benzene rings is 1. The monoisotopic (exact) mass is 345 g/mol. The molecule has 0 radical (unpaired) electrons. The van der Waals surface area contributed by atoms with Gasteiger partial charge in [0.15, 0.2) is 0 Å². The highest BCUT2D eigenvalue weighted by Crippen LogP contribution is 2.17. The quantitative estimate of drug-likeness (QED) is 0.762. The van der Waals surface area contributed by atoms with Crippen molar-refractivity contribution >= 4 is 11.8 Å². The first-order valence-electron chi connectivity index (χ1n) is 9.42. The van der Waals surface area contributed by atoms with Crippen molar-refractivity contribution in [1.29, 1.82) is 0 Å². The molecule has 0 aliphatic carbocycles. The molecule has 1 atom stereocenters. The maximum absolute atomic E-state index is 12.7. The third-order valence-corrected chi connectivity index (χ3v) is 5.01. The van der Waals surface area contributed by atoms with E-state index in [1.807, 2.05) is 41.8 Å². The first kappa shape index (κ1) is 19.4. The van der Waals surface area contributed by atoms with Crippen LogP contribution >= 0.6 is 0 Å². The molecule has 5 heteroatoms. The van der Waals surface area contributed by atoms with Crippen LogP contribution in [0.25, 0.3) is 0 Å². The summed E-state index contributed by atoms with van der Waals surface area (Å²) in [5, 5.41) is 0. The highest BCUT2D eigenvalue weighted by molar-refractivity contribution is 5.79. The van der Waals surface area contributed by atoms with Gasteiger partial charge >= 0.3 is 0 Å². The molecule has 2 rings (SSSR count). The van der Waals surface area contributed by atoms with Crippen LogP contribution in [0.5, 0.6) is 0 Å². The topological polar surface area (TPSA) is 43.9 Å². The SMILES string of the molecule is CCC1CN(CC(=O)N(CC)CC)CCC(=O)N1Cc1ccccc1. The van der Waals surface area contributed by atoms with E-state index in [1.54, 1.807) is 0 Å². The van der Waals surface area contributed by atoms with E-state index in [9.17, 15) is 9.59 Å².